The number of benzene rings is 2. The fourth-order valence-corrected chi connectivity index (χ4v) is 4.56. The quantitative estimate of drug-likeness (QED) is 0.792. The Kier molecular flexibility index (Phi) is 6.37. The van der Waals surface area contributed by atoms with Gasteiger partial charge in [0.25, 0.3) is 0 Å². The number of piperazine rings is 1. The Morgan fingerprint density at radius 1 is 1.03 bits per heavy atom. The van der Waals surface area contributed by atoms with Crippen molar-refractivity contribution in [1.82, 2.24) is 14.5 Å². The van der Waals surface area contributed by atoms with Gasteiger partial charge in [0.15, 0.2) is 0 Å². The molecular formula is C20H22F3N3O3S. The number of rotatable bonds is 4. The third kappa shape index (κ3) is 5.11. The topological polar surface area (TPSA) is 69.7 Å². The van der Waals surface area contributed by atoms with Crippen LogP contribution in [0.1, 0.15) is 16.7 Å². The second kappa shape index (κ2) is 8.65. The smallest absolute Gasteiger partial charge is 0.334 e. The van der Waals surface area contributed by atoms with Crippen molar-refractivity contribution in [2.24, 2.45) is 0 Å². The number of urea groups is 1. The third-order valence-corrected chi connectivity index (χ3v) is 6.80. The summed E-state index contributed by atoms with van der Waals surface area (Å²) in [5.74, 6) is 0. The number of carbonyl (C=O) groups excluding carboxylic acids is 1. The minimum Gasteiger partial charge on any atom is -0.334 e. The van der Waals surface area contributed by atoms with Crippen molar-refractivity contribution in [3.8, 4) is 0 Å². The van der Waals surface area contributed by atoms with Gasteiger partial charge in [-0.25, -0.2) is 13.2 Å². The number of nitrogens with one attached hydrogen (secondary N) is 1. The summed E-state index contributed by atoms with van der Waals surface area (Å²) in [5, 5.41) is 2.59. The molecule has 0 saturated carbocycles. The molecule has 30 heavy (non-hydrogen) atoms. The number of sulfonamides is 1. The lowest BCUT2D eigenvalue weighted by Crippen LogP contribution is -2.52. The predicted octanol–water partition coefficient (Wildman–Crippen LogP) is 3.23. The van der Waals surface area contributed by atoms with Crippen molar-refractivity contribution in [3.63, 3.8) is 0 Å². The minimum atomic E-state index is -4.45. The van der Waals surface area contributed by atoms with Crippen molar-refractivity contribution in [2.75, 3.05) is 26.2 Å². The molecule has 0 aromatic heterocycles. The van der Waals surface area contributed by atoms with E-state index < -0.39 is 27.8 Å². The number of hydrogen-bond donors (Lipinski definition) is 1. The van der Waals surface area contributed by atoms with E-state index in [0.717, 1.165) is 17.7 Å². The van der Waals surface area contributed by atoms with Crippen LogP contribution < -0.4 is 5.32 Å². The fraction of sp³-hybridized carbons (Fsp3) is 0.350. The normalized spacial score (nSPS) is 15.8. The lowest BCUT2D eigenvalue weighted by Gasteiger charge is -2.34. The highest BCUT2D eigenvalue weighted by atomic mass is 32.2. The van der Waals surface area contributed by atoms with E-state index >= 15 is 0 Å². The second-order valence-corrected chi connectivity index (χ2v) is 9.00. The molecule has 1 saturated heterocycles. The number of aryl methyl sites for hydroxylation is 1. The second-order valence-electron chi connectivity index (χ2n) is 7.06. The van der Waals surface area contributed by atoms with Gasteiger partial charge in [-0.15, -0.1) is 0 Å². The van der Waals surface area contributed by atoms with E-state index in [1.807, 2.05) is 6.92 Å². The van der Waals surface area contributed by atoms with Crippen molar-refractivity contribution >= 4 is 16.1 Å². The van der Waals surface area contributed by atoms with Gasteiger partial charge in [-0.1, -0.05) is 29.8 Å². The highest BCUT2D eigenvalue weighted by molar-refractivity contribution is 7.89. The Morgan fingerprint density at radius 2 is 1.67 bits per heavy atom. The van der Waals surface area contributed by atoms with E-state index in [1.54, 1.807) is 24.3 Å². The Labute approximate surface area is 173 Å². The van der Waals surface area contributed by atoms with Crippen molar-refractivity contribution in [3.05, 3.63) is 65.2 Å². The van der Waals surface area contributed by atoms with Crippen molar-refractivity contribution in [1.29, 1.82) is 0 Å². The molecule has 0 atom stereocenters. The lowest BCUT2D eigenvalue weighted by molar-refractivity contribution is -0.137. The van der Waals surface area contributed by atoms with Gasteiger partial charge in [-0.2, -0.15) is 17.5 Å². The summed E-state index contributed by atoms with van der Waals surface area (Å²) in [6, 6.07) is 10.9. The van der Waals surface area contributed by atoms with E-state index in [4.69, 9.17) is 0 Å². The first-order valence-corrected chi connectivity index (χ1v) is 10.8. The van der Waals surface area contributed by atoms with Crippen molar-refractivity contribution in [2.45, 2.75) is 24.5 Å². The van der Waals surface area contributed by atoms with E-state index in [-0.39, 0.29) is 37.6 Å². The Morgan fingerprint density at radius 3 is 2.27 bits per heavy atom. The van der Waals surface area contributed by atoms with Crippen LogP contribution in [-0.4, -0.2) is 49.8 Å². The summed E-state index contributed by atoms with van der Waals surface area (Å²) in [4.78, 5) is 14.0. The fourth-order valence-electron chi connectivity index (χ4n) is 3.14. The van der Waals surface area contributed by atoms with Crippen LogP contribution in [-0.2, 0) is 22.7 Å². The number of alkyl halides is 3. The molecule has 6 nitrogen and oxygen atoms in total. The molecule has 3 rings (SSSR count). The molecule has 0 radical (unpaired) electrons. The van der Waals surface area contributed by atoms with Gasteiger partial charge >= 0.3 is 12.2 Å². The van der Waals surface area contributed by atoms with Gasteiger partial charge in [0.1, 0.15) is 0 Å². The van der Waals surface area contributed by atoms with E-state index in [9.17, 15) is 26.4 Å². The maximum atomic E-state index is 12.8. The Balaban J connectivity index is 1.55. The maximum Gasteiger partial charge on any atom is 0.416 e. The maximum absolute atomic E-state index is 12.8. The zero-order chi connectivity index (χ0) is 21.9. The standard InChI is InChI=1S/C20H22F3N3O3S/c1-15-5-7-18(8-6-15)30(28,29)26-11-9-25(10-12-26)19(27)24-14-16-3-2-4-17(13-16)20(21,22)23/h2-8,13H,9-12,14H2,1H3,(H,24,27). The van der Waals surface area contributed by atoms with Crippen LogP contribution in [0.25, 0.3) is 0 Å². The highest BCUT2D eigenvalue weighted by Crippen LogP contribution is 2.29. The molecule has 1 aliphatic heterocycles. The molecule has 162 valence electrons. The highest BCUT2D eigenvalue weighted by Gasteiger charge is 2.31. The average molecular weight is 441 g/mol. The summed E-state index contributed by atoms with van der Waals surface area (Å²) >= 11 is 0. The molecule has 10 heteroatoms. The summed E-state index contributed by atoms with van der Waals surface area (Å²) in [7, 11) is -3.63. The van der Waals surface area contributed by atoms with Crippen molar-refractivity contribution < 1.29 is 26.4 Å². The van der Waals surface area contributed by atoms with Gasteiger partial charge < -0.3 is 10.2 Å². The molecule has 0 aliphatic carbocycles. The minimum absolute atomic E-state index is 0.0510. The summed E-state index contributed by atoms with van der Waals surface area (Å²) < 4.78 is 65.1. The predicted molar refractivity (Wildman–Crippen MR) is 105 cm³/mol. The molecule has 1 aliphatic rings. The van der Waals surface area contributed by atoms with Crippen LogP contribution in [0, 0.1) is 6.92 Å². The molecule has 0 spiro atoms. The number of halogens is 3. The molecule has 2 amide bonds. The first kappa shape index (κ1) is 22.1. The number of carbonyl (C=O) groups is 1. The summed E-state index contributed by atoms with van der Waals surface area (Å²) in [5.41, 5.74) is 0.513. The molecule has 1 fully saturated rings. The van der Waals surface area contributed by atoms with Gasteiger partial charge in [0, 0.05) is 32.7 Å². The monoisotopic (exact) mass is 441 g/mol. The van der Waals surface area contributed by atoms with E-state index in [1.165, 1.54) is 21.3 Å². The number of hydrogen-bond acceptors (Lipinski definition) is 3. The third-order valence-electron chi connectivity index (χ3n) is 4.88. The van der Waals surface area contributed by atoms with Gasteiger partial charge in [0.05, 0.1) is 10.5 Å². The molecular weight excluding hydrogens is 419 g/mol. The first-order valence-electron chi connectivity index (χ1n) is 9.33. The summed E-state index contributed by atoms with van der Waals surface area (Å²) in [6.07, 6.45) is -4.45. The Bertz CT molecular complexity index is 1000. The number of nitrogens with zero attached hydrogens (tertiary/aromatic N) is 2. The van der Waals surface area contributed by atoms with Crippen LogP contribution in [0.3, 0.4) is 0 Å². The SMILES string of the molecule is Cc1ccc(S(=O)(=O)N2CCN(C(=O)NCc3cccc(C(F)(F)F)c3)CC2)cc1. The molecule has 1 N–H and O–H groups in total. The number of amides is 2. The van der Waals surface area contributed by atoms with Gasteiger partial charge in [-0.3, -0.25) is 0 Å². The van der Waals surface area contributed by atoms with Gasteiger partial charge in [0.2, 0.25) is 10.0 Å². The van der Waals surface area contributed by atoms with Crippen LogP contribution in [0.2, 0.25) is 0 Å². The lowest BCUT2D eigenvalue weighted by atomic mass is 10.1. The largest absolute Gasteiger partial charge is 0.416 e. The summed E-state index contributed by atoms with van der Waals surface area (Å²) in [6.45, 7) is 2.50. The zero-order valence-corrected chi connectivity index (χ0v) is 17.1. The van der Waals surface area contributed by atoms with Crippen LogP contribution in [0.5, 0.6) is 0 Å². The molecule has 2 aromatic carbocycles. The van der Waals surface area contributed by atoms with E-state index in [2.05, 4.69) is 5.32 Å². The van der Waals surface area contributed by atoms with Crippen LogP contribution in [0.4, 0.5) is 18.0 Å². The van der Waals surface area contributed by atoms with Crippen LogP contribution in [0.15, 0.2) is 53.4 Å². The first-order chi connectivity index (χ1) is 14.1. The molecule has 2 aromatic rings. The molecule has 0 bridgehead atoms. The van der Waals surface area contributed by atoms with E-state index in [0.29, 0.717) is 5.56 Å². The average Bonchev–Trinajstić information content (AvgIpc) is 2.72. The Hall–Kier alpha value is -2.59. The molecule has 0 unspecified atom stereocenters. The van der Waals surface area contributed by atoms with Crippen LogP contribution >= 0.6 is 0 Å². The zero-order valence-electron chi connectivity index (χ0n) is 16.3. The molecule has 1 heterocycles. The van der Waals surface area contributed by atoms with Gasteiger partial charge in [-0.05, 0) is 36.8 Å².